The first-order chi connectivity index (χ1) is 12.0. The summed E-state index contributed by atoms with van der Waals surface area (Å²) in [6.07, 6.45) is 0. The largest absolute Gasteiger partial charge is 0.492 e. The zero-order valence-electron chi connectivity index (χ0n) is 14.7. The number of rotatable bonds is 8. The summed E-state index contributed by atoms with van der Waals surface area (Å²) in [7, 11) is 0. The molecule has 5 heteroatoms. The summed E-state index contributed by atoms with van der Waals surface area (Å²) in [5, 5.41) is 2.68. The zero-order chi connectivity index (χ0) is 18.2. The quantitative estimate of drug-likeness (QED) is 0.564. The molecular weight excluding hydrogens is 334 g/mol. The van der Waals surface area contributed by atoms with E-state index in [1.165, 1.54) is 6.92 Å². The van der Waals surface area contributed by atoms with E-state index >= 15 is 0 Å². The fraction of sp³-hybridized carbons (Fsp3) is 0.300. The lowest BCUT2D eigenvalue weighted by Gasteiger charge is -2.13. The number of para-hydroxylation sites is 1. The molecule has 0 spiro atoms. The number of carbonyl (C=O) groups is 2. The minimum atomic E-state index is -0.187. The Morgan fingerprint density at radius 1 is 1.12 bits per heavy atom. The van der Waals surface area contributed by atoms with Crippen molar-refractivity contribution in [2.24, 2.45) is 0 Å². The van der Waals surface area contributed by atoms with Crippen molar-refractivity contribution in [3.63, 3.8) is 0 Å². The molecule has 0 radical (unpaired) electrons. The summed E-state index contributed by atoms with van der Waals surface area (Å²) in [6.45, 7) is 5.96. The molecule has 0 saturated carbocycles. The molecule has 0 aliphatic heterocycles. The van der Waals surface area contributed by atoms with E-state index in [0.29, 0.717) is 17.9 Å². The normalized spacial score (nSPS) is 11.6. The molecule has 0 saturated heterocycles. The molecule has 0 aromatic heterocycles. The van der Waals surface area contributed by atoms with Crippen molar-refractivity contribution in [2.75, 3.05) is 17.7 Å². The van der Waals surface area contributed by atoms with Crippen LogP contribution < -0.4 is 10.1 Å². The van der Waals surface area contributed by atoms with Crippen LogP contribution in [0.25, 0.3) is 0 Å². The SMILES string of the molecule is CC(=O)c1ccc(NC(=O)C(C)SCCOc2ccccc2C)cc1. The number of ketones is 1. The number of thioether (sulfide) groups is 1. The number of anilines is 1. The van der Waals surface area contributed by atoms with Gasteiger partial charge in [-0.3, -0.25) is 9.59 Å². The average molecular weight is 357 g/mol. The molecule has 0 heterocycles. The number of amides is 1. The molecule has 2 aromatic carbocycles. The van der Waals surface area contributed by atoms with Crippen molar-refractivity contribution < 1.29 is 14.3 Å². The highest BCUT2D eigenvalue weighted by Gasteiger charge is 2.13. The third-order valence-corrected chi connectivity index (χ3v) is 4.85. The van der Waals surface area contributed by atoms with E-state index in [1.54, 1.807) is 36.0 Å². The number of nitrogens with one attached hydrogen (secondary N) is 1. The molecule has 4 nitrogen and oxygen atoms in total. The number of aryl methyl sites for hydroxylation is 1. The van der Waals surface area contributed by atoms with Gasteiger partial charge in [0, 0.05) is 17.0 Å². The Kier molecular flexibility index (Phi) is 7.07. The van der Waals surface area contributed by atoms with Crippen LogP contribution in [-0.2, 0) is 4.79 Å². The van der Waals surface area contributed by atoms with Gasteiger partial charge in [-0.1, -0.05) is 18.2 Å². The van der Waals surface area contributed by atoms with E-state index in [0.717, 1.165) is 17.1 Å². The van der Waals surface area contributed by atoms with Crippen molar-refractivity contribution >= 4 is 29.1 Å². The number of carbonyl (C=O) groups excluding carboxylic acids is 2. The molecule has 2 aromatic rings. The maximum Gasteiger partial charge on any atom is 0.237 e. The molecule has 1 unspecified atom stereocenters. The van der Waals surface area contributed by atoms with Gasteiger partial charge >= 0.3 is 0 Å². The van der Waals surface area contributed by atoms with Crippen LogP contribution in [-0.4, -0.2) is 29.3 Å². The lowest BCUT2D eigenvalue weighted by atomic mass is 10.1. The number of hydrogen-bond acceptors (Lipinski definition) is 4. The Balaban J connectivity index is 1.74. The Morgan fingerprint density at radius 2 is 1.80 bits per heavy atom. The van der Waals surface area contributed by atoms with Gasteiger partial charge in [0.15, 0.2) is 5.78 Å². The van der Waals surface area contributed by atoms with Crippen LogP contribution in [0.5, 0.6) is 5.75 Å². The van der Waals surface area contributed by atoms with Crippen molar-refractivity contribution in [3.8, 4) is 5.75 Å². The Bertz CT molecular complexity index is 728. The molecule has 1 amide bonds. The highest BCUT2D eigenvalue weighted by atomic mass is 32.2. The van der Waals surface area contributed by atoms with Gasteiger partial charge < -0.3 is 10.1 Å². The standard InChI is InChI=1S/C20H23NO3S/c1-14-6-4-5-7-19(14)24-12-13-25-16(3)20(23)21-18-10-8-17(9-11-18)15(2)22/h4-11,16H,12-13H2,1-3H3,(H,21,23). The summed E-state index contributed by atoms with van der Waals surface area (Å²) < 4.78 is 5.74. The predicted molar refractivity (Wildman–Crippen MR) is 104 cm³/mol. The predicted octanol–water partition coefficient (Wildman–Crippen LogP) is 4.34. The molecule has 25 heavy (non-hydrogen) atoms. The second-order valence-corrected chi connectivity index (χ2v) is 7.20. The van der Waals surface area contributed by atoms with Gasteiger partial charge in [-0.05, 0) is 56.7 Å². The minimum Gasteiger partial charge on any atom is -0.492 e. The van der Waals surface area contributed by atoms with Gasteiger partial charge in [0.2, 0.25) is 5.91 Å². The third-order valence-electron chi connectivity index (χ3n) is 3.73. The first-order valence-corrected chi connectivity index (χ1v) is 9.24. The van der Waals surface area contributed by atoms with E-state index < -0.39 is 0 Å². The smallest absolute Gasteiger partial charge is 0.237 e. The molecule has 0 aliphatic carbocycles. The molecule has 0 fully saturated rings. The zero-order valence-corrected chi connectivity index (χ0v) is 15.6. The Morgan fingerprint density at radius 3 is 2.44 bits per heavy atom. The Hall–Kier alpha value is -2.27. The molecule has 132 valence electrons. The van der Waals surface area contributed by atoms with Crippen LogP contribution >= 0.6 is 11.8 Å². The highest BCUT2D eigenvalue weighted by molar-refractivity contribution is 8.00. The van der Waals surface area contributed by atoms with Gasteiger partial charge in [-0.2, -0.15) is 0 Å². The average Bonchev–Trinajstić information content (AvgIpc) is 2.60. The van der Waals surface area contributed by atoms with Crippen LogP contribution in [0.4, 0.5) is 5.69 Å². The Labute approximate surface area is 153 Å². The van der Waals surface area contributed by atoms with Gasteiger partial charge in [0.25, 0.3) is 0 Å². The summed E-state index contributed by atoms with van der Waals surface area (Å²) in [5.41, 5.74) is 2.43. The van der Waals surface area contributed by atoms with E-state index in [9.17, 15) is 9.59 Å². The third kappa shape index (κ3) is 5.94. The second kappa shape index (κ2) is 9.28. The van der Waals surface area contributed by atoms with Crippen molar-refractivity contribution in [1.82, 2.24) is 0 Å². The number of ether oxygens (including phenoxy) is 1. The van der Waals surface area contributed by atoms with E-state index in [1.807, 2.05) is 38.1 Å². The van der Waals surface area contributed by atoms with E-state index in [4.69, 9.17) is 4.74 Å². The van der Waals surface area contributed by atoms with E-state index in [-0.39, 0.29) is 16.9 Å². The molecule has 0 bridgehead atoms. The summed E-state index contributed by atoms with van der Waals surface area (Å²) in [6, 6.07) is 14.8. The number of benzene rings is 2. The fourth-order valence-electron chi connectivity index (χ4n) is 2.20. The van der Waals surface area contributed by atoms with Gasteiger partial charge in [-0.15, -0.1) is 11.8 Å². The van der Waals surface area contributed by atoms with E-state index in [2.05, 4.69) is 5.32 Å². The number of hydrogen-bond donors (Lipinski definition) is 1. The molecular formula is C20H23NO3S. The lowest BCUT2D eigenvalue weighted by molar-refractivity contribution is -0.115. The molecule has 2 rings (SSSR count). The maximum absolute atomic E-state index is 12.2. The molecule has 0 aliphatic rings. The van der Waals surface area contributed by atoms with Gasteiger partial charge in [0.1, 0.15) is 5.75 Å². The maximum atomic E-state index is 12.2. The molecule has 1 atom stereocenters. The van der Waals surface area contributed by atoms with Crippen LogP contribution in [0.1, 0.15) is 29.8 Å². The lowest BCUT2D eigenvalue weighted by Crippen LogP contribution is -2.23. The summed E-state index contributed by atoms with van der Waals surface area (Å²) >= 11 is 1.55. The fourth-order valence-corrected chi connectivity index (χ4v) is 2.95. The summed E-state index contributed by atoms with van der Waals surface area (Å²) in [5.74, 6) is 1.56. The van der Waals surface area contributed by atoms with Crippen molar-refractivity contribution in [1.29, 1.82) is 0 Å². The highest BCUT2D eigenvalue weighted by Crippen LogP contribution is 2.18. The summed E-state index contributed by atoms with van der Waals surface area (Å²) in [4.78, 5) is 23.5. The van der Waals surface area contributed by atoms with Crippen molar-refractivity contribution in [3.05, 3.63) is 59.7 Å². The van der Waals surface area contributed by atoms with Crippen LogP contribution in [0.3, 0.4) is 0 Å². The monoisotopic (exact) mass is 357 g/mol. The van der Waals surface area contributed by atoms with Gasteiger partial charge in [0.05, 0.1) is 11.9 Å². The van der Waals surface area contributed by atoms with Crippen LogP contribution in [0, 0.1) is 6.92 Å². The first-order valence-electron chi connectivity index (χ1n) is 8.19. The minimum absolute atomic E-state index is 0.00968. The molecule has 1 N–H and O–H groups in total. The van der Waals surface area contributed by atoms with Crippen LogP contribution in [0.2, 0.25) is 0 Å². The first kappa shape index (κ1) is 19.1. The number of Topliss-reactive ketones (excluding diaryl/α,β-unsaturated/α-hetero) is 1. The second-order valence-electron chi connectivity index (χ2n) is 5.75. The van der Waals surface area contributed by atoms with Crippen LogP contribution in [0.15, 0.2) is 48.5 Å². The van der Waals surface area contributed by atoms with Crippen molar-refractivity contribution in [2.45, 2.75) is 26.0 Å². The van der Waals surface area contributed by atoms with Gasteiger partial charge in [-0.25, -0.2) is 0 Å². The topological polar surface area (TPSA) is 55.4 Å².